The van der Waals surface area contributed by atoms with Gasteiger partial charge in [0.2, 0.25) is 5.56 Å². The Morgan fingerprint density at radius 3 is 2.67 bits per heavy atom. The van der Waals surface area contributed by atoms with Crippen LogP contribution in [0.5, 0.6) is 0 Å². The fourth-order valence-corrected chi connectivity index (χ4v) is 3.07. The van der Waals surface area contributed by atoms with Crippen molar-refractivity contribution >= 4 is 22.5 Å². The first-order valence-corrected chi connectivity index (χ1v) is 8.64. The standard InChI is InChI=1S/C20H19N3O4/c1-2-10-22(20(25)14-6-5-7-16(11-14)23(26)27)13-15-12-19(24)21-18-9-4-3-8-17(15)18/h3-9,11-12H,2,10,13H2,1H3,(H,21,24). The summed E-state index contributed by atoms with van der Waals surface area (Å²) in [5, 5.41) is 11.9. The van der Waals surface area contributed by atoms with Gasteiger partial charge in [-0.25, -0.2) is 0 Å². The van der Waals surface area contributed by atoms with Gasteiger partial charge in [0.25, 0.3) is 11.6 Å². The number of H-pyrrole nitrogens is 1. The first kappa shape index (κ1) is 18.3. The van der Waals surface area contributed by atoms with E-state index in [0.717, 1.165) is 17.4 Å². The maximum Gasteiger partial charge on any atom is 0.270 e. The second kappa shape index (κ2) is 7.82. The Kier molecular flexibility index (Phi) is 5.30. The zero-order valence-electron chi connectivity index (χ0n) is 14.8. The number of nitrogens with zero attached hydrogens (tertiary/aromatic N) is 2. The van der Waals surface area contributed by atoms with Crippen LogP contribution in [0.3, 0.4) is 0 Å². The van der Waals surface area contributed by atoms with E-state index >= 15 is 0 Å². The summed E-state index contributed by atoms with van der Waals surface area (Å²) < 4.78 is 0. The number of rotatable bonds is 6. The number of nitro benzene ring substituents is 1. The van der Waals surface area contributed by atoms with Crippen LogP contribution in [0.25, 0.3) is 10.9 Å². The second-order valence-electron chi connectivity index (χ2n) is 6.24. The summed E-state index contributed by atoms with van der Waals surface area (Å²) in [6, 6.07) is 14.6. The largest absolute Gasteiger partial charge is 0.334 e. The van der Waals surface area contributed by atoms with Crippen molar-refractivity contribution in [3.8, 4) is 0 Å². The molecule has 0 bridgehead atoms. The van der Waals surface area contributed by atoms with E-state index in [-0.39, 0.29) is 29.3 Å². The molecule has 0 aliphatic rings. The number of benzene rings is 2. The van der Waals surface area contributed by atoms with Crippen molar-refractivity contribution in [2.45, 2.75) is 19.9 Å². The normalized spacial score (nSPS) is 10.7. The minimum absolute atomic E-state index is 0.126. The maximum atomic E-state index is 13.0. The summed E-state index contributed by atoms with van der Waals surface area (Å²) in [7, 11) is 0. The SMILES string of the molecule is CCCN(Cc1cc(=O)[nH]c2ccccc12)C(=O)c1cccc([N+](=O)[O-])c1. The van der Waals surface area contributed by atoms with Crippen LogP contribution in [0.1, 0.15) is 29.3 Å². The predicted octanol–water partition coefficient (Wildman–Crippen LogP) is 3.49. The highest BCUT2D eigenvalue weighted by Crippen LogP contribution is 2.20. The number of carbonyl (C=O) groups is 1. The summed E-state index contributed by atoms with van der Waals surface area (Å²) in [6.07, 6.45) is 0.724. The topological polar surface area (TPSA) is 96.3 Å². The summed E-state index contributed by atoms with van der Waals surface area (Å²) in [5.74, 6) is -0.301. The number of fused-ring (bicyclic) bond motifs is 1. The molecule has 27 heavy (non-hydrogen) atoms. The Bertz CT molecular complexity index is 1060. The van der Waals surface area contributed by atoms with Gasteiger partial charge in [-0.05, 0) is 24.1 Å². The summed E-state index contributed by atoms with van der Waals surface area (Å²) in [6.45, 7) is 2.67. The van der Waals surface area contributed by atoms with Gasteiger partial charge in [0.05, 0.1) is 4.92 Å². The number of carbonyl (C=O) groups excluding carboxylic acids is 1. The summed E-state index contributed by atoms with van der Waals surface area (Å²) in [5.41, 5.74) is 1.34. The van der Waals surface area contributed by atoms with Gasteiger partial charge in [-0.15, -0.1) is 0 Å². The van der Waals surface area contributed by atoms with Gasteiger partial charge in [0.15, 0.2) is 0 Å². The molecule has 3 aromatic rings. The molecule has 0 spiro atoms. The number of nitro groups is 1. The van der Waals surface area contributed by atoms with Gasteiger partial charge in [-0.2, -0.15) is 0 Å². The molecule has 1 amide bonds. The molecule has 0 saturated carbocycles. The van der Waals surface area contributed by atoms with Gasteiger partial charge >= 0.3 is 0 Å². The molecule has 3 rings (SSSR count). The monoisotopic (exact) mass is 365 g/mol. The van der Waals surface area contributed by atoms with E-state index in [1.807, 2.05) is 31.2 Å². The number of aromatic amines is 1. The predicted molar refractivity (Wildman–Crippen MR) is 103 cm³/mol. The van der Waals surface area contributed by atoms with Crippen molar-refractivity contribution in [2.24, 2.45) is 0 Å². The van der Waals surface area contributed by atoms with Crippen LogP contribution in [0.4, 0.5) is 5.69 Å². The van der Waals surface area contributed by atoms with Gasteiger partial charge < -0.3 is 9.88 Å². The molecule has 0 atom stereocenters. The minimum atomic E-state index is -0.523. The summed E-state index contributed by atoms with van der Waals surface area (Å²) >= 11 is 0. The Balaban J connectivity index is 1.97. The van der Waals surface area contributed by atoms with Gasteiger partial charge in [0.1, 0.15) is 0 Å². The number of pyridine rings is 1. The summed E-state index contributed by atoms with van der Waals surface area (Å²) in [4.78, 5) is 39.8. The zero-order chi connectivity index (χ0) is 19.4. The lowest BCUT2D eigenvalue weighted by Crippen LogP contribution is -2.31. The van der Waals surface area contributed by atoms with E-state index in [0.29, 0.717) is 12.1 Å². The quantitative estimate of drug-likeness (QED) is 0.534. The lowest BCUT2D eigenvalue weighted by molar-refractivity contribution is -0.384. The van der Waals surface area contributed by atoms with E-state index in [4.69, 9.17) is 0 Å². The molecule has 2 aromatic carbocycles. The van der Waals surface area contributed by atoms with Crippen LogP contribution in [0.15, 0.2) is 59.4 Å². The van der Waals surface area contributed by atoms with E-state index in [1.54, 1.807) is 11.0 Å². The molecule has 0 saturated heterocycles. The number of nitrogens with one attached hydrogen (secondary N) is 1. The number of aromatic nitrogens is 1. The Morgan fingerprint density at radius 2 is 1.93 bits per heavy atom. The number of hydrogen-bond donors (Lipinski definition) is 1. The fourth-order valence-electron chi connectivity index (χ4n) is 3.07. The smallest absolute Gasteiger partial charge is 0.270 e. The highest BCUT2D eigenvalue weighted by atomic mass is 16.6. The molecule has 1 heterocycles. The number of non-ortho nitro benzene ring substituents is 1. The first-order valence-electron chi connectivity index (χ1n) is 8.64. The van der Waals surface area contributed by atoms with E-state index in [9.17, 15) is 19.7 Å². The average Bonchev–Trinajstić information content (AvgIpc) is 2.67. The van der Waals surface area contributed by atoms with E-state index in [1.165, 1.54) is 24.3 Å². The molecule has 7 nitrogen and oxygen atoms in total. The molecule has 1 N–H and O–H groups in total. The van der Waals surface area contributed by atoms with Crippen molar-refractivity contribution < 1.29 is 9.72 Å². The second-order valence-corrected chi connectivity index (χ2v) is 6.24. The zero-order valence-corrected chi connectivity index (χ0v) is 14.8. The van der Waals surface area contributed by atoms with Crippen LogP contribution in [-0.2, 0) is 6.54 Å². The third-order valence-corrected chi connectivity index (χ3v) is 4.28. The van der Waals surface area contributed by atoms with Crippen LogP contribution < -0.4 is 5.56 Å². The number of amides is 1. The molecular formula is C20H19N3O4. The lowest BCUT2D eigenvalue weighted by Gasteiger charge is -2.23. The third-order valence-electron chi connectivity index (χ3n) is 4.28. The molecule has 138 valence electrons. The number of para-hydroxylation sites is 1. The van der Waals surface area contributed by atoms with Crippen LogP contribution in [0.2, 0.25) is 0 Å². The Hall–Kier alpha value is -3.48. The average molecular weight is 365 g/mol. The van der Waals surface area contributed by atoms with Gasteiger partial charge in [-0.1, -0.05) is 31.2 Å². The van der Waals surface area contributed by atoms with Crippen molar-refractivity contribution in [2.75, 3.05) is 6.54 Å². The maximum absolute atomic E-state index is 13.0. The molecule has 0 fully saturated rings. The molecule has 1 aromatic heterocycles. The highest BCUT2D eigenvalue weighted by Gasteiger charge is 2.19. The Labute approximate surface area is 155 Å². The molecular weight excluding hydrogens is 346 g/mol. The van der Waals surface area contributed by atoms with Gasteiger partial charge in [0, 0.05) is 47.8 Å². The lowest BCUT2D eigenvalue weighted by atomic mass is 10.1. The number of hydrogen-bond acceptors (Lipinski definition) is 4. The molecule has 0 unspecified atom stereocenters. The highest BCUT2D eigenvalue weighted by molar-refractivity contribution is 5.95. The van der Waals surface area contributed by atoms with Crippen LogP contribution in [0, 0.1) is 10.1 Å². The van der Waals surface area contributed by atoms with E-state index < -0.39 is 4.92 Å². The van der Waals surface area contributed by atoms with Crippen LogP contribution >= 0.6 is 0 Å². The van der Waals surface area contributed by atoms with Crippen molar-refractivity contribution in [1.29, 1.82) is 0 Å². The molecule has 7 heteroatoms. The van der Waals surface area contributed by atoms with Crippen molar-refractivity contribution in [3.63, 3.8) is 0 Å². The van der Waals surface area contributed by atoms with Crippen molar-refractivity contribution in [1.82, 2.24) is 9.88 Å². The first-order chi connectivity index (χ1) is 13.0. The van der Waals surface area contributed by atoms with Crippen LogP contribution in [-0.4, -0.2) is 27.3 Å². The Morgan fingerprint density at radius 1 is 1.15 bits per heavy atom. The molecule has 0 aliphatic heterocycles. The van der Waals surface area contributed by atoms with E-state index in [2.05, 4.69) is 4.98 Å². The minimum Gasteiger partial charge on any atom is -0.334 e. The van der Waals surface area contributed by atoms with Crippen molar-refractivity contribution in [3.05, 3.63) is 86.2 Å². The third kappa shape index (κ3) is 4.03. The molecule has 0 radical (unpaired) electrons. The van der Waals surface area contributed by atoms with Gasteiger partial charge in [-0.3, -0.25) is 19.7 Å². The molecule has 0 aliphatic carbocycles. The fraction of sp³-hybridized carbons (Fsp3) is 0.200.